The Kier molecular flexibility index (Phi) is 4.54. The van der Waals surface area contributed by atoms with Crippen molar-refractivity contribution >= 4 is 17.3 Å². The highest BCUT2D eigenvalue weighted by Gasteiger charge is 2.63. The first-order valence-electron chi connectivity index (χ1n) is 10.7. The number of alkyl halides is 3. The van der Waals surface area contributed by atoms with Crippen LogP contribution in [0.15, 0.2) is 30.3 Å². The number of hydrogen-bond acceptors (Lipinski definition) is 4. The van der Waals surface area contributed by atoms with Gasteiger partial charge in [-0.15, -0.1) is 0 Å². The Morgan fingerprint density at radius 1 is 1.22 bits per heavy atom. The van der Waals surface area contributed by atoms with Crippen molar-refractivity contribution in [3.05, 3.63) is 52.6 Å². The smallest absolute Gasteiger partial charge is 0.417 e. The molecule has 1 amide bonds. The standard InChI is InChI=1S/C24H25F3N2O3/c1-22(2)12-23(31,24(25,26)27)16(13-6-7-19-14(21(13)22)8-9-32-19)11-28-17-4-3-5-18-15(17)10-20(30)29-18/h3-7,16,28,31H,8-12H2,1-2H3,(H,29,30). The second-order valence-corrected chi connectivity index (χ2v) is 9.58. The van der Waals surface area contributed by atoms with E-state index in [0.29, 0.717) is 35.7 Å². The first-order valence-corrected chi connectivity index (χ1v) is 10.7. The van der Waals surface area contributed by atoms with Crippen LogP contribution in [0.4, 0.5) is 24.5 Å². The SMILES string of the molecule is CC1(C)CC(O)(C(F)(F)F)C(CNc2cccc3c2CC(=O)N3)c2ccc3c(c21)CCO3. The maximum absolute atomic E-state index is 14.3. The second kappa shape index (κ2) is 6.88. The number of carbonyl (C=O) groups excluding carboxylic acids is 1. The van der Waals surface area contributed by atoms with Gasteiger partial charge in [0.1, 0.15) is 5.75 Å². The molecule has 0 aromatic heterocycles. The van der Waals surface area contributed by atoms with Crippen molar-refractivity contribution in [1.29, 1.82) is 0 Å². The van der Waals surface area contributed by atoms with Crippen LogP contribution in [0.25, 0.3) is 0 Å². The molecule has 32 heavy (non-hydrogen) atoms. The molecular formula is C24H25F3N2O3. The summed E-state index contributed by atoms with van der Waals surface area (Å²) < 4.78 is 48.6. The van der Waals surface area contributed by atoms with E-state index >= 15 is 0 Å². The molecular weight excluding hydrogens is 421 g/mol. The minimum atomic E-state index is -4.81. The van der Waals surface area contributed by atoms with Crippen molar-refractivity contribution in [2.24, 2.45) is 0 Å². The van der Waals surface area contributed by atoms with Gasteiger partial charge in [0.15, 0.2) is 5.60 Å². The summed E-state index contributed by atoms with van der Waals surface area (Å²) in [7, 11) is 0. The van der Waals surface area contributed by atoms with Crippen molar-refractivity contribution in [2.45, 2.75) is 56.2 Å². The van der Waals surface area contributed by atoms with Gasteiger partial charge in [-0.25, -0.2) is 0 Å². The molecule has 2 aliphatic heterocycles. The van der Waals surface area contributed by atoms with Crippen molar-refractivity contribution in [2.75, 3.05) is 23.8 Å². The van der Waals surface area contributed by atoms with Gasteiger partial charge in [0.05, 0.1) is 13.0 Å². The molecule has 170 valence electrons. The normalized spacial score (nSPS) is 25.4. The van der Waals surface area contributed by atoms with E-state index in [1.54, 1.807) is 44.2 Å². The van der Waals surface area contributed by atoms with Crippen LogP contribution < -0.4 is 15.4 Å². The van der Waals surface area contributed by atoms with Gasteiger partial charge in [-0.05, 0) is 41.2 Å². The van der Waals surface area contributed by atoms with Crippen LogP contribution >= 0.6 is 0 Å². The van der Waals surface area contributed by atoms with Crippen molar-refractivity contribution in [1.82, 2.24) is 0 Å². The van der Waals surface area contributed by atoms with Crippen molar-refractivity contribution < 1.29 is 27.8 Å². The van der Waals surface area contributed by atoms with Gasteiger partial charge in [-0.2, -0.15) is 13.2 Å². The number of nitrogens with one attached hydrogen (secondary N) is 2. The average molecular weight is 446 g/mol. The maximum atomic E-state index is 14.3. The third-order valence-corrected chi connectivity index (χ3v) is 7.03. The zero-order valence-corrected chi connectivity index (χ0v) is 17.9. The fraction of sp³-hybridized carbons (Fsp3) is 0.458. The third-order valence-electron chi connectivity index (χ3n) is 7.03. The zero-order valence-electron chi connectivity index (χ0n) is 17.9. The van der Waals surface area contributed by atoms with Crippen LogP contribution in [0.3, 0.4) is 0 Å². The third kappa shape index (κ3) is 3.07. The second-order valence-electron chi connectivity index (χ2n) is 9.58. The van der Waals surface area contributed by atoms with E-state index in [0.717, 1.165) is 16.7 Å². The summed E-state index contributed by atoms with van der Waals surface area (Å²) in [5.41, 5.74) is 0.509. The van der Waals surface area contributed by atoms with Gasteiger partial charge in [-0.3, -0.25) is 4.79 Å². The molecule has 5 nitrogen and oxygen atoms in total. The first-order chi connectivity index (χ1) is 15.0. The minimum absolute atomic E-state index is 0.122. The Balaban J connectivity index is 1.58. The molecule has 3 aliphatic rings. The van der Waals surface area contributed by atoms with Gasteiger partial charge in [0.25, 0.3) is 0 Å². The van der Waals surface area contributed by atoms with Crippen LogP contribution in [0.1, 0.15) is 48.4 Å². The zero-order chi connectivity index (χ0) is 22.9. The summed E-state index contributed by atoms with van der Waals surface area (Å²) in [6.45, 7) is 3.90. The Morgan fingerprint density at radius 2 is 2.00 bits per heavy atom. The number of carbonyl (C=O) groups is 1. The molecule has 2 aromatic carbocycles. The summed E-state index contributed by atoms with van der Waals surface area (Å²) in [6, 6.07) is 8.64. The van der Waals surface area contributed by atoms with E-state index in [-0.39, 0.29) is 18.9 Å². The van der Waals surface area contributed by atoms with E-state index < -0.39 is 29.5 Å². The van der Waals surface area contributed by atoms with Crippen molar-refractivity contribution in [3.63, 3.8) is 0 Å². The van der Waals surface area contributed by atoms with Crippen LogP contribution in [0.5, 0.6) is 5.75 Å². The molecule has 0 bridgehead atoms. The topological polar surface area (TPSA) is 70.6 Å². The Bertz CT molecular complexity index is 1110. The lowest BCUT2D eigenvalue weighted by Gasteiger charge is -2.49. The highest BCUT2D eigenvalue weighted by Crippen LogP contribution is 2.56. The van der Waals surface area contributed by atoms with Crippen LogP contribution in [0.2, 0.25) is 0 Å². The lowest BCUT2D eigenvalue weighted by molar-refractivity contribution is -0.277. The highest BCUT2D eigenvalue weighted by molar-refractivity contribution is 6.01. The lowest BCUT2D eigenvalue weighted by atomic mass is 9.60. The fourth-order valence-electron chi connectivity index (χ4n) is 5.73. The molecule has 1 aliphatic carbocycles. The molecule has 3 N–H and O–H groups in total. The quantitative estimate of drug-likeness (QED) is 0.658. The van der Waals surface area contributed by atoms with Gasteiger partial charge in [-0.1, -0.05) is 26.0 Å². The van der Waals surface area contributed by atoms with Crippen molar-refractivity contribution in [3.8, 4) is 5.75 Å². The molecule has 0 fully saturated rings. The molecule has 0 spiro atoms. The summed E-state index contributed by atoms with van der Waals surface area (Å²) in [4.78, 5) is 11.8. The summed E-state index contributed by atoms with van der Waals surface area (Å²) in [5, 5.41) is 17.0. The summed E-state index contributed by atoms with van der Waals surface area (Å²) in [6.07, 6.45) is -4.43. The highest BCUT2D eigenvalue weighted by atomic mass is 19.4. The molecule has 8 heteroatoms. The number of halogens is 3. The summed E-state index contributed by atoms with van der Waals surface area (Å²) >= 11 is 0. The molecule has 2 atom stereocenters. The summed E-state index contributed by atoms with van der Waals surface area (Å²) in [5.74, 6) is -0.648. The molecule has 0 saturated carbocycles. The Morgan fingerprint density at radius 3 is 2.75 bits per heavy atom. The number of ether oxygens (including phenoxy) is 1. The average Bonchev–Trinajstić information content (AvgIpc) is 3.31. The van der Waals surface area contributed by atoms with Crippen LogP contribution in [-0.4, -0.2) is 35.9 Å². The predicted octanol–water partition coefficient (Wildman–Crippen LogP) is 4.29. The largest absolute Gasteiger partial charge is 0.493 e. The fourth-order valence-corrected chi connectivity index (χ4v) is 5.73. The van der Waals surface area contributed by atoms with E-state index in [1.165, 1.54) is 0 Å². The number of rotatable bonds is 3. The lowest BCUT2D eigenvalue weighted by Crippen LogP contribution is -2.58. The number of anilines is 2. The number of fused-ring (bicyclic) bond motifs is 4. The molecule has 2 unspecified atom stereocenters. The maximum Gasteiger partial charge on any atom is 0.417 e. The molecule has 0 radical (unpaired) electrons. The number of aliphatic hydroxyl groups is 1. The number of benzene rings is 2. The molecule has 2 heterocycles. The van der Waals surface area contributed by atoms with E-state index in [1.807, 2.05) is 0 Å². The molecule has 2 aromatic rings. The van der Waals surface area contributed by atoms with Gasteiger partial charge in [0, 0.05) is 41.4 Å². The minimum Gasteiger partial charge on any atom is -0.493 e. The van der Waals surface area contributed by atoms with E-state index in [9.17, 15) is 23.1 Å². The van der Waals surface area contributed by atoms with Gasteiger partial charge in [0.2, 0.25) is 5.91 Å². The van der Waals surface area contributed by atoms with Crippen LogP contribution in [0, 0.1) is 0 Å². The molecule has 0 saturated heterocycles. The Hall–Kier alpha value is -2.74. The number of hydrogen-bond donors (Lipinski definition) is 3. The van der Waals surface area contributed by atoms with Gasteiger partial charge < -0.3 is 20.5 Å². The van der Waals surface area contributed by atoms with Crippen LogP contribution in [-0.2, 0) is 23.1 Å². The number of amides is 1. The Labute approximate surface area is 184 Å². The predicted molar refractivity (Wildman–Crippen MR) is 114 cm³/mol. The molecule has 5 rings (SSSR count). The van der Waals surface area contributed by atoms with Gasteiger partial charge >= 0.3 is 6.18 Å². The van der Waals surface area contributed by atoms with E-state index in [2.05, 4.69) is 10.6 Å². The monoisotopic (exact) mass is 446 g/mol. The van der Waals surface area contributed by atoms with E-state index in [4.69, 9.17) is 4.74 Å². The first kappa shape index (κ1) is 21.1.